The van der Waals surface area contributed by atoms with E-state index in [0.717, 1.165) is 11.3 Å². The number of carbonyl (C=O) groups is 2. The van der Waals surface area contributed by atoms with Gasteiger partial charge >= 0.3 is 6.03 Å². The highest BCUT2D eigenvalue weighted by molar-refractivity contribution is 5.99. The van der Waals surface area contributed by atoms with Crippen LogP contribution in [0.5, 0.6) is 5.75 Å². The number of ether oxygens (including phenoxy) is 2. The van der Waals surface area contributed by atoms with Gasteiger partial charge in [0.2, 0.25) is 5.91 Å². The summed E-state index contributed by atoms with van der Waals surface area (Å²) in [6.45, 7) is 0.0646. The molecule has 0 radical (unpaired) electrons. The Labute approximate surface area is 213 Å². The largest absolute Gasteiger partial charge is 0.487 e. The van der Waals surface area contributed by atoms with E-state index in [2.05, 4.69) is 20.9 Å². The molecule has 0 unspecified atom stereocenters. The summed E-state index contributed by atoms with van der Waals surface area (Å²) in [6, 6.07) is 16.1. The second-order valence-corrected chi connectivity index (χ2v) is 9.02. The number of halogens is 1. The zero-order chi connectivity index (χ0) is 25.8. The minimum Gasteiger partial charge on any atom is -0.487 e. The molecule has 0 spiro atoms. The van der Waals surface area contributed by atoms with Crippen molar-refractivity contribution in [3.8, 4) is 5.75 Å². The Balaban J connectivity index is 1.24. The molecule has 4 N–H and O–H groups in total. The van der Waals surface area contributed by atoms with E-state index in [0.29, 0.717) is 24.4 Å². The Morgan fingerprint density at radius 2 is 1.92 bits per heavy atom. The second-order valence-electron chi connectivity index (χ2n) is 9.02. The molecule has 37 heavy (non-hydrogen) atoms. The fourth-order valence-electron chi connectivity index (χ4n) is 4.78. The van der Waals surface area contributed by atoms with Gasteiger partial charge in [-0.15, -0.1) is 0 Å². The minimum atomic E-state index is -0.597. The van der Waals surface area contributed by atoms with E-state index >= 15 is 0 Å². The number of fused-ring (bicyclic) bond motifs is 3. The van der Waals surface area contributed by atoms with Gasteiger partial charge in [0.1, 0.15) is 23.8 Å². The summed E-state index contributed by atoms with van der Waals surface area (Å²) in [4.78, 5) is 29.2. The molecular weight excluding hydrogens is 479 g/mol. The number of pyridine rings is 1. The highest BCUT2D eigenvalue weighted by atomic mass is 19.1. The minimum absolute atomic E-state index is 0.0731. The molecule has 1 saturated heterocycles. The van der Waals surface area contributed by atoms with Crippen molar-refractivity contribution < 1.29 is 28.6 Å². The number of nitrogens with zero attached hydrogens (tertiary/aromatic N) is 1. The third-order valence-electron chi connectivity index (χ3n) is 6.49. The number of amides is 3. The van der Waals surface area contributed by atoms with E-state index in [-0.39, 0.29) is 30.5 Å². The molecule has 10 heteroatoms. The number of aromatic nitrogens is 1. The predicted octanol–water partition coefficient (Wildman–Crippen LogP) is 3.57. The molecule has 1 aromatic heterocycles. The molecule has 9 nitrogen and oxygen atoms in total. The summed E-state index contributed by atoms with van der Waals surface area (Å²) in [5.74, 6) is -0.205. The average Bonchev–Trinajstić information content (AvgIpc) is 3.27. The van der Waals surface area contributed by atoms with Crippen molar-refractivity contribution >= 4 is 23.3 Å². The van der Waals surface area contributed by atoms with Gasteiger partial charge in [-0.2, -0.15) is 0 Å². The van der Waals surface area contributed by atoms with Gasteiger partial charge in [0.05, 0.1) is 37.1 Å². The average molecular weight is 507 g/mol. The first-order valence-electron chi connectivity index (χ1n) is 12.1. The Morgan fingerprint density at radius 1 is 1.08 bits per heavy atom. The maximum absolute atomic E-state index is 13.9. The molecule has 2 aliphatic heterocycles. The lowest BCUT2D eigenvalue weighted by atomic mass is 9.84. The van der Waals surface area contributed by atoms with E-state index in [1.165, 1.54) is 12.1 Å². The highest BCUT2D eigenvalue weighted by Crippen LogP contribution is 2.47. The summed E-state index contributed by atoms with van der Waals surface area (Å²) in [6.07, 6.45) is 0.886. The molecule has 3 aromatic rings. The van der Waals surface area contributed by atoms with E-state index in [1.807, 2.05) is 18.2 Å². The van der Waals surface area contributed by atoms with Crippen LogP contribution in [0.1, 0.15) is 30.0 Å². The van der Waals surface area contributed by atoms with Crippen molar-refractivity contribution in [3.05, 3.63) is 83.9 Å². The SMILES string of the molecule is O=C(C[C@H]1C[C@@H]2c3cc(NC(=O)Nc4ccccc4F)ccc3O[C@@H]2[C@H](CO)O1)NCc1ccccn1. The first-order chi connectivity index (χ1) is 18.0. The molecule has 1 fully saturated rings. The zero-order valence-corrected chi connectivity index (χ0v) is 19.9. The number of hydrogen-bond donors (Lipinski definition) is 4. The first kappa shape index (κ1) is 24.7. The van der Waals surface area contributed by atoms with Crippen molar-refractivity contribution in [1.29, 1.82) is 0 Å². The molecule has 2 aromatic carbocycles. The van der Waals surface area contributed by atoms with Crippen molar-refractivity contribution in [2.45, 2.75) is 43.6 Å². The van der Waals surface area contributed by atoms with Crippen molar-refractivity contribution in [3.63, 3.8) is 0 Å². The van der Waals surface area contributed by atoms with Crippen LogP contribution in [-0.4, -0.2) is 46.9 Å². The molecule has 3 heterocycles. The van der Waals surface area contributed by atoms with Gasteiger partial charge in [0, 0.05) is 23.4 Å². The van der Waals surface area contributed by atoms with Gasteiger partial charge in [-0.25, -0.2) is 9.18 Å². The van der Waals surface area contributed by atoms with Crippen LogP contribution in [0.3, 0.4) is 0 Å². The number of anilines is 2. The quantitative estimate of drug-likeness (QED) is 0.389. The molecule has 192 valence electrons. The maximum atomic E-state index is 13.9. The van der Waals surface area contributed by atoms with Crippen LogP contribution in [0.15, 0.2) is 66.9 Å². The Kier molecular flexibility index (Phi) is 7.29. The van der Waals surface area contributed by atoms with Crippen LogP contribution in [0, 0.1) is 5.82 Å². The number of nitrogens with one attached hydrogen (secondary N) is 3. The first-order valence-corrected chi connectivity index (χ1v) is 12.1. The number of hydrogen-bond acceptors (Lipinski definition) is 6. The monoisotopic (exact) mass is 506 g/mol. The summed E-state index contributed by atoms with van der Waals surface area (Å²) in [5.41, 5.74) is 2.19. The van der Waals surface area contributed by atoms with E-state index < -0.39 is 30.2 Å². The highest BCUT2D eigenvalue weighted by Gasteiger charge is 2.46. The molecule has 0 bridgehead atoms. The van der Waals surface area contributed by atoms with Crippen LogP contribution in [0.25, 0.3) is 0 Å². The third-order valence-corrected chi connectivity index (χ3v) is 6.49. The van der Waals surface area contributed by atoms with Crippen molar-refractivity contribution in [2.24, 2.45) is 0 Å². The fourth-order valence-corrected chi connectivity index (χ4v) is 4.78. The summed E-state index contributed by atoms with van der Waals surface area (Å²) in [7, 11) is 0. The smallest absolute Gasteiger partial charge is 0.323 e. The lowest BCUT2D eigenvalue weighted by Gasteiger charge is -2.37. The van der Waals surface area contributed by atoms with Crippen LogP contribution >= 0.6 is 0 Å². The van der Waals surface area contributed by atoms with Gasteiger partial charge in [0.15, 0.2) is 0 Å². The Bertz CT molecular complexity index is 1270. The lowest BCUT2D eigenvalue weighted by Crippen LogP contribution is -2.47. The van der Waals surface area contributed by atoms with Crippen molar-refractivity contribution in [1.82, 2.24) is 10.3 Å². The number of benzene rings is 2. The number of aliphatic hydroxyl groups excluding tert-OH is 1. The van der Waals surface area contributed by atoms with E-state index in [1.54, 1.807) is 36.5 Å². The third kappa shape index (κ3) is 5.71. The molecule has 0 saturated carbocycles. The summed E-state index contributed by atoms with van der Waals surface area (Å²) >= 11 is 0. The Hall–Kier alpha value is -4.02. The van der Waals surface area contributed by atoms with Gasteiger partial charge in [-0.3, -0.25) is 9.78 Å². The summed E-state index contributed by atoms with van der Waals surface area (Å²) < 4.78 is 25.9. The van der Waals surface area contributed by atoms with Crippen LogP contribution in [0.4, 0.5) is 20.6 Å². The van der Waals surface area contributed by atoms with Gasteiger partial charge in [-0.05, 0) is 48.9 Å². The predicted molar refractivity (Wildman–Crippen MR) is 134 cm³/mol. The van der Waals surface area contributed by atoms with Crippen LogP contribution < -0.4 is 20.7 Å². The second kappa shape index (κ2) is 10.9. The standard InChI is InChI=1S/C27H27FN4O5/c28-21-6-1-2-7-22(21)32-27(35)31-16-8-9-23-19(11-16)20-12-18(36-24(15-33)26(20)37-23)13-25(34)30-14-17-5-3-4-10-29-17/h1-11,18,20,24,26,33H,12-15H2,(H,30,34)(H2,31,32,35)/t18-,20-,24+,26+/m1/s1. The number of urea groups is 1. The molecule has 2 aliphatic rings. The molecule has 0 aliphatic carbocycles. The van der Waals surface area contributed by atoms with Gasteiger partial charge < -0.3 is 30.5 Å². The molecule has 3 amide bonds. The fraction of sp³-hybridized carbons (Fsp3) is 0.296. The van der Waals surface area contributed by atoms with Crippen molar-refractivity contribution in [2.75, 3.05) is 17.2 Å². The Morgan fingerprint density at radius 3 is 2.70 bits per heavy atom. The lowest BCUT2D eigenvalue weighted by molar-refractivity contribution is -0.142. The number of rotatable bonds is 7. The zero-order valence-electron chi connectivity index (χ0n) is 19.9. The summed E-state index contributed by atoms with van der Waals surface area (Å²) in [5, 5.41) is 18.0. The van der Waals surface area contributed by atoms with Crippen LogP contribution in [0.2, 0.25) is 0 Å². The maximum Gasteiger partial charge on any atom is 0.323 e. The molecular formula is C27H27FN4O5. The van der Waals surface area contributed by atoms with E-state index in [9.17, 15) is 19.1 Å². The number of para-hydroxylation sites is 1. The topological polar surface area (TPSA) is 122 Å². The van der Waals surface area contributed by atoms with E-state index in [4.69, 9.17) is 9.47 Å². The number of aliphatic hydroxyl groups is 1. The molecule has 4 atom stereocenters. The number of carbonyl (C=O) groups excluding carboxylic acids is 2. The normalized spacial score (nSPS) is 21.8. The van der Waals surface area contributed by atoms with Gasteiger partial charge in [0.25, 0.3) is 0 Å². The molecule has 5 rings (SSSR count). The van der Waals surface area contributed by atoms with Crippen LogP contribution in [-0.2, 0) is 16.1 Å². The van der Waals surface area contributed by atoms with Gasteiger partial charge in [-0.1, -0.05) is 18.2 Å².